The van der Waals surface area contributed by atoms with Gasteiger partial charge in [-0.25, -0.2) is 4.90 Å². The van der Waals surface area contributed by atoms with Crippen LogP contribution in [0.4, 0.5) is 5.69 Å². The van der Waals surface area contributed by atoms with Crippen molar-refractivity contribution in [3.8, 4) is 6.07 Å². The Bertz CT molecular complexity index is 835. The summed E-state index contributed by atoms with van der Waals surface area (Å²) in [6, 6.07) is 6.95. The second-order valence-corrected chi connectivity index (χ2v) is 8.22. The summed E-state index contributed by atoms with van der Waals surface area (Å²) >= 11 is 2.01. The lowest BCUT2D eigenvalue weighted by Gasteiger charge is -2.31. The highest BCUT2D eigenvalue weighted by atomic mass is 127. The van der Waals surface area contributed by atoms with E-state index >= 15 is 0 Å². The van der Waals surface area contributed by atoms with Crippen molar-refractivity contribution in [1.29, 1.82) is 5.26 Å². The number of imide groups is 1. The van der Waals surface area contributed by atoms with Gasteiger partial charge < -0.3 is 9.84 Å². The average Bonchev–Trinajstić information content (AvgIpc) is 3.01. The smallest absolute Gasteiger partial charge is 0.240 e. The quantitative estimate of drug-likeness (QED) is 0.519. The molecule has 0 radical (unpaired) electrons. The van der Waals surface area contributed by atoms with Gasteiger partial charge in [0.25, 0.3) is 0 Å². The Kier molecular flexibility index (Phi) is 4.02. The zero-order valence-corrected chi connectivity index (χ0v) is 15.3. The minimum atomic E-state index is -1.03. The van der Waals surface area contributed by atoms with Crippen LogP contribution in [-0.2, 0) is 14.3 Å². The number of benzene rings is 1. The summed E-state index contributed by atoms with van der Waals surface area (Å²) in [4.78, 5) is 27.2. The number of anilines is 1. The molecule has 0 aliphatic carbocycles. The average molecular weight is 454 g/mol. The molecule has 2 amide bonds. The van der Waals surface area contributed by atoms with Gasteiger partial charge in [0.2, 0.25) is 11.8 Å². The fraction of sp³-hybridized carbons (Fsp3) is 0.500. The molecule has 5 atom stereocenters. The van der Waals surface area contributed by atoms with Gasteiger partial charge in [-0.15, -0.1) is 0 Å². The number of aliphatic hydroxyl groups is 1. The molecule has 0 unspecified atom stereocenters. The van der Waals surface area contributed by atoms with Crippen LogP contribution in [0, 0.1) is 26.7 Å². The molecule has 3 aliphatic rings. The van der Waals surface area contributed by atoms with E-state index in [0.717, 1.165) is 0 Å². The van der Waals surface area contributed by atoms with Crippen LogP contribution < -0.4 is 4.90 Å². The Labute approximate surface area is 159 Å². The SMILES string of the molecule is C.C[C@@]12O[C@@](C)(C[C@H]1O)[C@H]1C(=O)N(c3ccc(C#N)c(I)c3)C(=O)[C@H]12. The molecule has 3 fully saturated rings. The molecular weight excluding hydrogens is 435 g/mol. The number of ether oxygens (including phenoxy) is 1. The van der Waals surface area contributed by atoms with Crippen molar-refractivity contribution >= 4 is 40.1 Å². The van der Waals surface area contributed by atoms with Crippen LogP contribution >= 0.6 is 22.6 Å². The van der Waals surface area contributed by atoms with Crippen LogP contribution in [0.5, 0.6) is 0 Å². The molecule has 7 heteroatoms. The third-order valence-corrected chi connectivity index (χ3v) is 6.52. The minimum Gasteiger partial charge on any atom is -0.390 e. The fourth-order valence-corrected chi connectivity index (χ4v) is 5.13. The lowest BCUT2D eigenvalue weighted by atomic mass is 9.67. The second-order valence-electron chi connectivity index (χ2n) is 7.06. The number of aliphatic hydroxyl groups excluding tert-OH is 1. The molecule has 4 rings (SSSR count). The Morgan fingerprint density at radius 2 is 1.96 bits per heavy atom. The molecule has 1 aromatic rings. The molecule has 3 saturated heterocycles. The largest absolute Gasteiger partial charge is 0.390 e. The molecule has 2 bridgehead atoms. The molecule has 3 heterocycles. The first-order valence-corrected chi connectivity index (χ1v) is 8.76. The highest BCUT2D eigenvalue weighted by Gasteiger charge is 2.75. The summed E-state index contributed by atoms with van der Waals surface area (Å²) in [5, 5.41) is 19.4. The minimum absolute atomic E-state index is 0. The molecule has 25 heavy (non-hydrogen) atoms. The zero-order valence-electron chi connectivity index (χ0n) is 13.1. The molecule has 0 spiro atoms. The van der Waals surface area contributed by atoms with E-state index in [1.165, 1.54) is 4.90 Å². The number of halogens is 1. The topological polar surface area (TPSA) is 90.6 Å². The normalized spacial score (nSPS) is 38.5. The number of nitrogens with zero attached hydrogens (tertiary/aromatic N) is 2. The van der Waals surface area contributed by atoms with Gasteiger partial charge >= 0.3 is 0 Å². The van der Waals surface area contributed by atoms with Crippen LogP contribution in [0.1, 0.15) is 33.3 Å². The van der Waals surface area contributed by atoms with Crippen molar-refractivity contribution in [1.82, 2.24) is 0 Å². The van der Waals surface area contributed by atoms with E-state index in [4.69, 9.17) is 10.00 Å². The third kappa shape index (κ3) is 2.14. The van der Waals surface area contributed by atoms with Crippen molar-refractivity contribution in [3.63, 3.8) is 0 Å². The predicted octanol–water partition coefficient (Wildman–Crippen LogP) is 2.22. The first-order chi connectivity index (χ1) is 11.2. The maximum atomic E-state index is 13.0. The van der Waals surface area contributed by atoms with Crippen LogP contribution in [0.3, 0.4) is 0 Å². The highest BCUT2D eigenvalue weighted by Crippen LogP contribution is 2.60. The summed E-state index contributed by atoms with van der Waals surface area (Å²) in [6.07, 6.45) is -0.413. The van der Waals surface area contributed by atoms with Crippen molar-refractivity contribution in [3.05, 3.63) is 27.3 Å². The number of carbonyl (C=O) groups is 2. The Morgan fingerprint density at radius 1 is 1.32 bits per heavy atom. The number of hydrogen-bond acceptors (Lipinski definition) is 5. The Hall–Kier alpha value is -1.50. The van der Waals surface area contributed by atoms with Gasteiger partial charge in [-0.3, -0.25) is 9.59 Å². The van der Waals surface area contributed by atoms with E-state index in [1.54, 1.807) is 32.0 Å². The van der Waals surface area contributed by atoms with Crippen molar-refractivity contribution in [2.45, 2.75) is 45.0 Å². The van der Waals surface area contributed by atoms with Crippen LogP contribution in [0.25, 0.3) is 0 Å². The molecule has 1 N–H and O–H groups in total. The summed E-state index contributed by atoms with van der Waals surface area (Å²) in [7, 11) is 0. The molecule has 6 nitrogen and oxygen atoms in total. The van der Waals surface area contributed by atoms with Gasteiger partial charge in [0.1, 0.15) is 11.7 Å². The van der Waals surface area contributed by atoms with Gasteiger partial charge in [-0.05, 0) is 54.6 Å². The number of amides is 2. The van der Waals surface area contributed by atoms with E-state index in [1.807, 2.05) is 22.6 Å². The lowest BCUT2D eigenvalue weighted by Crippen LogP contribution is -2.49. The van der Waals surface area contributed by atoms with E-state index < -0.39 is 29.1 Å². The highest BCUT2D eigenvalue weighted by molar-refractivity contribution is 14.1. The summed E-state index contributed by atoms with van der Waals surface area (Å²) in [6.45, 7) is 3.51. The van der Waals surface area contributed by atoms with Crippen molar-refractivity contribution < 1.29 is 19.4 Å². The Morgan fingerprint density at radius 3 is 2.56 bits per heavy atom. The summed E-state index contributed by atoms with van der Waals surface area (Å²) in [5.41, 5.74) is -0.888. The van der Waals surface area contributed by atoms with Crippen LogP contribution in [-0.4, -0.2) is 34.2 Å². The van der Waals surface area contributed by atoms with Crippen LogP contribution in [0.15, 0.2) is 18.2 Å². The number of fused-ring (bicyclic) bond motifs is 5. The van der Waals surface area contributed by atoms with E-state index in [-0.39, 0.29) is 19.2 Å². The van der Waals surface area contributed by atoms with E-state index in [9.17, 15) is 14.7 Å². The zero-order chi connectivity index (χ0) is 17.4. The molecular formula is C18H19IN2O4. The van der Waals surface area contributed by atoms with E-state index in [2.05, 4.69) is 6.07 Å². The number of nitriles is 1. The standard InChI is InChI=1S/C17H15IN2O4.CH4/c1-16-6-11(21)17(2,24-16)13-12(16)14(22)20(15(13)23)9-4-3-8(7-19)10(18)5-9;/h3-5,11-13,21H,6H2,1-2H3;1H4/t11-,12-,13+,16+,17-;/m1./s1. The summed E-state index contributed by atoms with van der Waals surface area (Å²) < 4.78 is 6.63. The van der Waals surface area contributed by atoms with Crippen molar-refractivity contribution in [2.75, 3.05) is 4.90 Å². The molecule has 3 aliphatic heterocycles. The summed E-state index contributed by atoms with van der Waals surface area (Å²) in [5.74, 6) is -1.88. The molecule has 0 aromatic heterocycles. The second kappa shape index (κ2) is 5.50. The fourth-order valence-electron chi connectivity index (χ4n) is 4.51. The number of carbonyl (C=O) groups excluding carboxylic acids is 2. The molecule has 1 aromatic carbocycles. The lowest BCUT2D eigenvalue weighted by molar-refractivity contribution is -0.132. The first kappa shape index (κ1) is 18.3. The maximum Gasteiger partial charge on any atom is 0.240 e. The monoisotopic (exact) mass is 454 g/mol. The van der Waals surface area contributed by atoms with Crippen molar-refractivity contribution in [2.24, 2.45) is 11.8 Å². The van der Waals surface area contributed by atoms with Gasteiger partial charge in [0.15, 0.2) is 0 Å². The molecule has 132 valence electrons. The van der Waals surface area contributed by atoms with Gasteiger partial charge in [0.05, 0.1) is 34.8 Å². The number of hydrogen-bond donors (Lipinski definition) is 1. The van der Waals surface area contributed by atoms with Crippen LogP contribution in [0.2, 0.25) is 0 Å². The van der Waals surface area contributed by atoms with E-state index in [0.29, 0.717) is 21.2 Å². The number of rotatable bonds is 1. The third-order valence-electron chi connectivity index (χ3n) is 5.63. The Balaban J connectivity index is 0.00000182. The first-order valence-electron chi connectivity index (χ1n) is 7.68. The maximum absolute atomic E-state index is 13.0. The van der Waals surface area contributed by atoms with Gasteiger partial charge in [-0.2, -0.15) is 5.26 Å². The predicted molar refractivity (Wildman–Crippen MR) is 98.6 cm³/mol. The van der Waals surface area contributed by atoms with Gasteiger partial charge in [-0.1, -0.05) is 7.43 Å². The van der Waals surface area contributed by atoms with Gasteiger partial charge in [0, 0.05) is 9.99 Å². The molecule has 0 saturated carbocycles.